The van der Waals surface area contributed by atoms with Gasteiger partial charge in [-0.15, -0.1) is 0 Å². The van der Waals surface area contributed by atoms with Crippen molar-refractivity contribution < 1.29 is 5.11 Å². The summed E-state index contributed by atoms with van der Waals surface area (Å²) in [5.41, 5.74) is 0.349. The van der Waals surface area contributed by atoms with E-state index in [4.69, 9.17) is 0 Å². The second-order valence-electron chi connectivity index (χ2n) is 5.69. The van der Waals surface area contributed by atoms with Crippen molar-refractivity contribution >= 4 is 0 Å². The molecule has 1 nitrogen and oxygen atoms in total. The van der Waals surface area contributed by atoms with Crippen molar-refractivity contribution in [2.75, 3.05) is 0 Å². The first-order chi connectivity index (χ1) is 6.68. The van der Waals surface area contributed by atoms with E-state index >= 15 is 0 Å². The molecule has 3 atom stereocenters. The Morgan fingerprint density at radius 3 is 2.57 bits per heavy atom. The summed E-state index contributed by atoms with van der Waals surface area (Å²) in [4.78, 5) is 0. The minimum Gasteiger partial charge on any atom is -0.392 e. The Morgan fingerprint density at radius 1 is 1.36 bits per heavy atom. The van der Waals surface area contributed by atoms with Crippen molar-refractivity contribution in [2.24, 2.45) is 17.3 Å². The fourth-order valence-corrected chi connectivity index (χ4v) is 3.29. The minimum absolute atomic E-state index is 0.00949. The molecule has 2 aliphatic carbocycles. The van der Waals surface area contributed by atoms with Crippen LogP contribution in [0.5, 0.6) is 0 Å². The Labute approximate surface area is 87.9 Å². The largest absolute Gasteiger partial charge is 0.392 e. The minimum atomic E-state index is 0.00949. The van der Waals surface area contributed by atoms with Gasteiger partial charge in [0, 0.05) is 0 Å². The summed E-state index contributed by atoms with van der Waals surface area (Å²) in [5, 5.41) is 10.4. The van der Waals surface area contributed by atoms with Crippen LogP contribution in [0, 0.1) is 17.3 Å². The van der Waals surface area contributed by atoms with Crippen LogP contribution in [0.25, 0.3) is 0 Å². The van der Waals surface area contributed by atoms with E-state index in [1.54, 1.807) is 0 Å². The zero-order valence-corrected chi connectivity index (χ0v) is 9.63. The topological polar surface area (TPSA) is 20.2 Å². The molecule has 0 radical (unpaired) electrons. The van der Waals surface area contributed by atoms with Gasteiger partial charge < -0.3 is 5.11 Å². The molecular formula is C13H24O. The van der Waals surface area contributed by atoms with Crippen molar-refractivity contribution in [2.45, 2.75) is 64.9 Å². The predicted molar refractivity (Wildman–Crippen MR) is 59.1 cm³/mol. The van der Waals surface area contributed by atoms with E-state index in [0.29, 0.717) is 11.3 Å². The first-order valence-electron chi connectivity index (χ1n) is 6.36. The molecule has 2 saturated carbocycles. The van der Waals surface area contributed by atoms with Crippen molar-refractivity contribution in [3.63, 3.8) is 0 Å². The lowest BCUT2D eigenvalue weighted by atomic mass is 9.74. The Hall–Kier alpha value is -0.0400. The lowest BCUT2D eigenvalue weighted by Crippen LogP contribution is -2.33. The van der Waals surface area contributed by atoms with Crippen LogP contribution in [0.1, 0.15) is 58.8 Å². The van der Waals surface area contributed by atoms with Gasteiger partial charge in [-0.1, -0.05) is 26.7 Å². The summed E-state index contributed by atoms with van der Waals surface area (Å²) in [6.45, 7) is 4.58. The first kappa shape index (κ1) is 10.5. The third-order valence-electron chi connectivity index (χ3n) is 4.65. The van der Waals surface area contributed by atoms with E-state index in [0.717, 1.165) is 5.92 Å². The highest BCUT2D eigenvalue weighted by atomic mass is 16.3. The Bertz CT molecular complexity index is 195. The number of hydrogen-bond donors (Lipinski definition) is 1. The second-order valence-corrected chi connectivity index (χ2v) is 5.69. The molecule has 1 N–H and O–H groups in total. The van der Waals surface area contributed by atoms with Gasteiger partial charge in [-0.25, -0.2) is 0 Å². The highest BCUT2D eigenvalue weighted by molar-refractivity contribution is 5.00. The molecule has 14 heavy (non-hydrogen) atoms. The molecule has 0 aromatic carbocycles. The molecular weight excluding hydrogens is 172 g/mol. The van der Waals surface area contributed by atoms with Gasteiger partial charge in [0.2, 0.25) is 0 Å². The van der Waals surface area contributed by atoms with E-state index in [2.05, 4.69) is 13.8 Å². The van der Waals surface area contributed by atoms with Crippen LogP contribution in [0.15, 0.2) is 0 Å². The van der Waals surface area contributed by atoms with Crippen molar-refractivity contribution in [3.8, 4) is 0 Å². The molecule has 2 fully saturated rings. The van der Waals surface area contributed by atoms with Gasteiger partial charge in [0.25, 0.3) is 0 Å². The third-order valence-corrected chi connectivity index (χ3v) is 4.65. The van der Waals surface area contributed by atoms with Crippen molar-refractivity contribution in [1.82, 2.24) is 0 Å². The average molecular weight is 196 g/mol. The van der Waals surface area contributed by atoms with Crippen molar-refractivity contribution in [1.29, 1.82) is 0 Å². The smallest absolute Gasteiger partial charge is 0.0624 e. The van der Waals surface area contributed by atoms with Crippen LogP contribution in [-0.4, -0.2) is 11.2 Å². The third kappa shape index (κ3) is 1.84. The zero-order chi connectivity index (χ0) is 10.2. The zero-order valence-electron chi connectivity index (χ0n) is 9.63. The van der Waals surface area contributed by atoms with Crippen LogP contribution in [-0.2, 0) is 0 Å². The number of hydrogen-bond acceptors (Lipinski definition) is 1. The highest BCUT2D eigenvalue weighted by Crippen LogP contribution is 2.55. The molecule has 0 saturated heterocycles. The average Bonchev–Trinajstić information content (AvgIpc) is 2.97. The maximum atomic E-state index is 10.4. The fraction of sp³-hybridized carbons (Fsp3) is 1.00. The van der Waals surface area contributed by atoms with Crippen LogP contribution in [0.3, 0.4) is 0 Å². The molecule has 0 spiro atoms. The van der Waals surface area contributed by atoms with Gasteiger partial charge in [0.15, 0.2) is 0 Å². The molecule has 2 rings (SSSR count). The molecule has 0 bridgehead atoms. The molecule has 0 amide bonds. The van der Waals surface area contributed by atoms with Crippen LogP contribution in [0.4, 0.5) is 0 Å². The molecule has 1 heteroatoms. The second kappa shape index (κ2) is 3.84. The summed E-state index contributed by atoms with van der Waals surface area (Å²) in [6.07, 6.45) is 8.99. The van der Waals surface area contributed by atoms with Gasteiger partial charge in [-0.2, -0.15) is 0 Å². The van der Waals surface area contributed by atoms with Crippen LogP contribution < -0.4 is 0 Å². The van der Waals surface area contributed by atoms with Crippen LogP contribution in [0.2, 0.25) is 0 Å². The van der Waals surface area contributed by atoms with Gasteiger partial charge >= 0.3 is 0 Å². The summed E-state index contributed by atoms with van der Waals surface area (Å²) >= 11 is 0. The SMILES string of the molecule is CCC1(C(O)C2CCCC(C)C2)CC1. The lowest BCUT2D eigenvalue weighted by molar-refractivity contribution is 0.0106. The number of aliphatic hydroxyl groups excluding tert-OH is 1. The lowest BCUT2D eigenvalue weighted by Gasteiger charge is -2.34. The maximum Gasteiger partial charge on any atom is 0.0624 e. The van der Waals surface area contributed by atoms with Gasteiger partial charge in [-0.3, -0.25) is 0 Å². The monoisotopic (exact) mass is 196 g/mol. The van der Waals surface area contributed by atoms with Crippen LogP contribution >= 0.6 is 0 Å². The predicted octanol–water partition coefficient (Wildman–Crippen LogP) is 3.36. The summed E-state index contributed by atoms with van der Waals surface area (Å²) in [5.74, 6) is 1.46. The standard InChI is InChI=1S/C13H24O/c1-3-13(7-8-13)12(14)11-6-4-5-10(2)9-11/h10-12,14H,3-9H2,1-2H3. The normalized spacial score (nSPS) is 37.9. The first-order valence-corrected chi connectivity index (χ1v) is 6.36. The molecule has 0 heterocycles. The highest BCUT2D eigenvalue weighted by Gasteiger charge is 2.49. The van der Waals surface area contributed by atoms with E-state index in [1.165, 1.54) is 44.9 Å². The van der Waals surface area contributed by atoms with Gasteiger partial charge in [0.05, 0.1) is 6.10 Å². The summed E-state index contributed by atoms with van der Waals surface area (Å²) in [7, 11) is 0. The molecule has 0 aliphatic heterocycles. The molecule has 82 valence electrons. The number of rotatable bonds is 3. The number of aliphatic hydroxyl groups is 1. The fourth-order valence-electron chi connectivity index (χ4n) is 3.29. The van der Waals surface area contributed by atoms with Crippen molar-refractivity contribution in [3.05, 3.63) is 0 Å². The van der Waals surface area contributed by atoms with E-state index in [-0.39, 0.29) is 6.10 Å². The Morgan fingerprint density at radius 2 is 2.07 bits per heavy atom. The quantitative estimate of drug-likeness (QED) is 0.734. The van der Waals surface area contributed by atoms with E-state index in [9.17, 15) is 5.11 Å². The molecule has 2 aliphatic rings. The van der Waals surface area contributed by atoms with Gasteiger partial charge in [0.1, 0.15) is 0 Å². The maximum absolute atomic E-state index is 10.4. The Balaban J connectivity index is 1.93. The van der Waals surface area contributed by atoms with E-state index < -0.39 is 0 Å². The summed E-state index contributed by atoms with van der Waals surface area (Å²) < 4.78 is 0. The van der Waals surface area contributed by atoms with E-state index in [1.807, 2.05) is 0 Å². The van der Waals surface area contributed by atoms with Gasteiger partial charge in [-0.05, 0) is 49.4 Å². The summed E-state index contributed by atoms with van der Waals surface area (Å²) in [6, 6.07) is 0. The Kier molecular flexibility index (Phi) is 2.88. The molecule has 3 unspecified atom stereocenters. The molecule has 0 aromatic heterocycles. The molecule has 0 aromatic rings.